The third-order valence-electron chi connectivity index (χ3n) is 3.62. The summed E-state index contributed by atoms with van der Waals surface area (Å²) >= 11 is 3.47. The Hall–Kier alpha value is -1.32. The molecule has 1 N–H and O–H groups in total. The van der Waals surface area contributed by atoms with E-state index in [1.54, 1.807) is 7.11 Å². The molecule has 0 aliphatic carbocycles. The van der Waals surface area contributed by atoms with Gasteiger partial charge in [-0.2, -0.15) is 0 Å². The molecular weight excluding hydrogens is 316 g/mol. The van der Waals surface area contributed by atoms with Crippen LogP contribution in [0.3, 0.4) is 0 Å². The van der Waals surface area contributed by atoms with Gasteiger partial charge in [0.25, 0.3) is 0 Å². The summed E-state index contributed by atoms with van der Waals surface area (Å²) in [4.78, 5) is 0. The molecule has 2 rings (SSSR count). The van der Waals surface area contributed by atoms with Crippen LogP contribution >= 0.6 is 15.9 Å². The van der Waals surface area contributed by atoms with E-state index in [1.165, 1.54) is 0 Å². The van der Waals surface area contributed by atoms with E-state index in [-0.39, 0.29) is 0 Å². The SMILES string of the molecule is CCC(O)(Cc1cc(Br)ccc1OC)c1ccccc1. The Morgan fingerprint density at radius 1 is 1.15 bits per heavy atom. The number of rotatable bonds is 5. The number of benzene rings is 2. The van der Waals surface area contributed by atoms with Gasteiger partial charge in [0.15, 0.2) is 0 Å². The highest BCUT2D eigenvalue weighted by Gasteiger charge is 2.28. The van der Waals surface area contributed by atoms with E-state index in [9.17, 15) is 5.11 Å². The Balaban J connectivity index is 2.38. The van der Waals surface area contributed by atoms with E-state index >= 15 is 0 Å². The van der Waals surface area contributed by atoms with Gasteiger partial charge >= 0.3 is 0 Å². The van der Waals surface area contributed by atoms with Gasteiger partial charge in [-0.25, -0.2) is 0 Å². The third-order valence-corrected chi connectivity index (χ3v) is 4.11. The van der Waals surface area contributed by atoms with Gasteiger partial charge in [0.1, 0.15) is 5.75 Å². The summed E-state index contributed by atoms with van der Waals surface area (Å²) in [7, 11) is 1.65. The van der Waals surface area contributed by atoms with Crippen LogP contribution in [0.4, 0.5) is 0 Å². The molecule has 0 amide bonds. The molecule has 0 bridgehead atoms. The van der Waals surface area contributed by atoms with E-state index in [4.69, 9.17) is 4.74 Å². The first-order valence-electron chi connectivity index (χ1n) is 6.69. The quantitative estimate of drug-likeness (QED) is 0.883. The van der Waals surface area contributed by atoms with Gasteiger partial charge in [0, 0.05) is 10.9 Å². The molecule has 1 atom stereocenters. The Kier molecular flexibility index (Phi) is 4.84. The molecule has 20 heavy (non-hydrogen) atoms. The molecule has 0 aliphatic heterocycles. The molecule has 2 aromatic rings. The first kappa shape index (κ1) is 15.1. The first-order chi connectivity index (χ1) is 9.59. The van der Waals surface area contributed by atoms with E-state index in [1.807, 2.05) is 55.5 Å². The van der Waals surface area contributed by atoms with Crippen LogP contribution in [-0.2, 0) is 12.0 Å². The first-order valence-corrected chi connectivity index (χ1v) is 7.48. The lowest BCUT2D eigenvalue weighted by atomic mass is 9.85. The van der Waals surface area contributed by atoms with Crippen molar-refractivity contribution in [2.75, 3.05) is 7.11 Å². The van der Waals surface area contributed by atoms with Gasteiger partial charge in [0.05, 0.1) is 12.7 Å². The van der Waals surface area contributed by atoms with Crippen LogP contribution in [0.2, 0.25) is 0 Å². The predicted molar refractivity (Wildman–Crippen MR) is 85.0 cm³/mol. The van der Waals surface area contributed by atoms with Gasteiger partial charge in [-0.05, 0) is 35.7 Å². The monoisotopic (exact) mass is 334 g/mol. The van der Waals surface area contributed by atoms with Crippen LogP contribution in [0.25, 0.3) is 0 Å². The molecule has 0 radical (unpaired) electrons. The molecule has 0 heterocycles. The lowest BCUT2D eigenvalue weighted by molar-refractivity contribution is 0.0321. The van der Waals surface area contributed by atoms with Gasteiger partial charge in [-0.3, -0.25) is 0 Å². The maximum atomic E-state index is 11.0. The van der Waals surface area contributed by atoms with Crippen molar-refractivity contribution in [2.24, 2.45) is 0 Å². The molecule has 0 spiro atoms. The van der Waals surface area contributed by atoms with Crippen molar-refractivity contribution in [1.29, 1.82) is 0 Å². The molecule has 2 aromatic carbocycles. The van der Waals surface area contributed by atoms with E-state index in [0.29, 0.717) is 12.8 Å². The van der Waals surface area contributed by atoms with Crippen molar-refractivity contribution in [3.8, 4) is 5.75 Å². The Bertz CT molecular complexity index is 568. The Morgan fingerprint density at radius 3 is 2.45 bits per heavy atom. The fourth-order valence-corrected chi connectivity index (χ4v) is 2.79. The van der Waals surface area contributed by atoms with Crippen LogP contribution in [-0.4, -0.2) is 12.2 Å². The van der Waals surface area contributed by atoms with E-state index in [2.05, 4.69) is 15.9 Å². The fraction of sp³-hybridized carbons (Fsp3) is 0.294. The number of halogens is 1. The van der Waals surface area contributed by atoms with Crippen LogP contribution in [0.5, 0.6) is 5.75 Å². The maximum Gasteiger partial charge on any atom is 0.122 e. The summed E-state index contributed by atoms with van der Waals surface area (Å²) in [5.41, 5.74) is 1.05. The van der Waals surface area contributed by atoms with Crippen molar-refractivity contribution in [3.05, 3.63) is 64.1 Å². The summed E-state index contributed by atoms with van der Waals surface area (Å²) in [5.74, 6) is 0.802. The van der Waals surface area contributed by atoms with Crippen molar-refractivity contribution in [1.82, 2.24) is 0 Å². The molecule has 0 aliphatic rings. The topological polar surface area (TPSA) is 29.5 Å². The molecule has 0 saturated carbocycles. The zero-order valence-electron chi connectivity index (χ0n) is 11.8. The Labute approximate surface area is 128 Å². The minimum absolute atomic E-state index is 0.524. The lowest BCUT2D eigenvalue weighted by Gasteiger charge is -2.28. The molecule has 0 saturated heterocycles. The van der Waals surface area contributed by atoms with E-state index in [0.717, 1.165) is 21.3 Å². The number of hydrogen-bond acceptors (Lipinski definition) is 2. The summed E-state index contributed by atoms with van der Waals surface area (Å²) in [6, 6.07) is 15.7. The normalized spacial score (nSPS) is 13.8. The molecule has 2 nitrogen and oxygen atoms in total. The lowest BCUT2D eigenvalue weighted by Crippen LogP contribution is -2.27. The van der Waals surface area contributed by atoms with E-state index < -0.39 is 5.60 Å². The summed E-state index contributed by atoms with van der Waals surface area (Å²) in [5, 5.41) is 11.0. The average molecular weight is 335 g/mol. The fourth-order valence-electron chi connectivity index (χ4n) is 2.38. The predicted octanol–water partition coefficient (Wildman–Crippen LogP) is 4.30. The van der Waals surface area contributed by atoms with Crippen LogP contribution in [0.15, 0.2) is 53.0 Å². The minimum Gasteiger partial charge on any atom is -0.496 e. The maximum absolute atomic E-state index is 11.0. The van der Waals surface area contributed by atoms with Gasteiger partial charge in [-0.1, -0.05) is 53.2 Å². The highest BCUT2D eigenvalue weighted by Crippen LogP contribution is 2.33. The zero-order chi connectivity index (χ0) is 14.6. The second-order valence-corrected chi connectivity index (χ2v) is 5.80. The number of ether oxygens (including phenoxy) is 1. The molecule has 1 unspecified atom stereocenters. The largest absolute Gasteiger partial charge is 0.496 e. The summed E-state index contributed by atoms with van der Waals surface area (Å²) in [6.07, 6.45) is 1.17. The highest BCUT2D eigenvalue weighted by molar-refractivity contribution is 9.10. The average Bonchev–Trinajstić information content (AvgIpc) is 2.48. The number of aliphatic hydroxyl groups is 1. The number of hydrogen-bond donors (Lipinski definition) is 1. The standard InChI is InChI=1S/C17H19BrO2/c1-3-17(19,14-7-5-4-6-8-14)12-13-11-15(18)9-10-16(13)20-2/h4-11,19H,3,12H2,1-2H3. The van der Waals surface area contributed by atoms with Gasteiger partial charge < -0.3 is 9.84 Å². The summed E-state index contributed by atoms with van der Waals surface area (Å²) in [6.45, 7) is 2.00. The van der Waals surface area contributed by atoms with Crippen molar-refractivity contribution < 1.29 is 9.84 Å². The smallest absolute Gasteiger partial charge is 0.122 e. The number of methoxy groups -OCH3 is 1. The molecule has 0 fully saturated rings. The molecule has 106 valence electrons. The minimum atomic E-state index is -0.880. The van der Waals surface area contributed by atoms with Crippen LogP contribution < -0.4 is 4.74 Å². The summed E-state index contributed by atoms with van der Waals surface area (Å²) < 4.78 is 6.38. The van der Waals surface area contributed by atoms with Gasteiger partial charge in [0.2, 0.25) is 0 Å². The molecular formula is C17H19BrO2. The molecule has 3 heteroatoms. The Morgan fingerprint density at radius 2 is 1.85 bits per heavy atom. The van der Waals surface area contributed by atoms with Crippen LogP contribution in [0.1, 0.15) is 24.5 Å². The van der Waals surface area contributed by atoms with Crippen molar-refractivity contribution in [3.63, 3.8) is 0 Å². The zero-order valence-corrected chi connectivity index (χ0v) is 13.4. The highest BCUT2D eigenvalue weighted by atomic mass is 79.9. The second kappa shape index (κ2) is 6.42. The van der Waals surface area contributed by atoms with Gasteiger partial charge in [-0.15, -0.1) is 0 Å². The second-order valence-electron chi connectivity index (χ2n) is 4.88. The van der Waals surface area contributed by atoms with Crippen molar-refractivity contribution in [2.45, 2.75) is 25.4 Å². The van der Waals surface area contributed by atoms with Crippen LogP contribution in [0, 0.1) is 0 Å². The van der Waals surface area contributed by atoms with Crippen molar-refractivity contribution >= 4 is 15.9 Å². The third kappa shape index (κ3) is 3.22. The molecule has 0 aromatic heterocycles.